The standard InChI is InChI=1S/C16H15N3O4/c20-14-6-7-15(21)19(14)13-4-2-12(3-5-13)16(22)23-11-10-18-9-1-8-17-18/h1-5,8-9H,6-7,10-11H2. The van der Waals surface area contributed by atoms with E-state index in [0.29, 0.717) is 17.8 Å². The average Bonchev–Trinajstić information content (AvgIpc) is 3.18. The second-order valence-electron chi connectivity index (χ2n) is 5.07. The Morgan fingerprint density at radius 2 is 1.83 bits per heavy atom. The zero-order valence-electron chi connectivity index (χ0n) is 12.3. The van der Waals surface area contributed by atoms with Crippen molar-refractivity contribution < 1.29 is 19.1 Å². The molecule has 0 spiro atoms. The molecular weight excluding hydrogens is 298 g/mol. The Morgan fingerprint density at radius 1 is 1.13 bits per heavy atom. The van der Waals surface area contributed by atoms with Crippen molar-refractivity contribution in [3.05, 3.63) is 48.3 Å². The number of rotatable bonds is 5. The van der Waals surface area contributed by atoms with Crippen LogP contribution in [0.3, 0.4) is 0 Å². The molecule has 118 valence electrons. The van der Waals surface area contributed by atoms with Crippen molar-refractivity contribution in [2.75, 3.05) is 11.5 Å². The lowest BCUT2D eigenvalue weighted by atomic mass is 10.2. The molecule has 0 radical (unpaired) electrons. The first-order chi connectivity index (χ1) is 11.1. The number of amides is 2. The lowest BCUT2D eigenvalue weighted by molar-refractivity contribution is -0.121. The molecule has 3 rings (SSSR count). The Hall–Kier alpha value is -2.96. The molecule has 23 heavy (non-hydrogen) atoms. The number of anilines is 1. The Kier molecular flexibility index (Phi) is 4.18. The maximum Gasteiger partial charge on any atom is 0.338 e. The summed E-state index contributed by atoms with van der Waals surface area (Å²) in [5, 5.41) is 4.01. The number of imide groups is 1. The number of ether oxygens (including phenoxy) is 1. The summed E-state index contributed by atoms with van der Waals surface area (Å²) in [6.07, 6.45) is 3.90. The van der Waals surface area contributed by atoms with Crippen LogP contribution in [-0.2, 0) is 20.9 Å². The zero-order chi connectivity index (χ0) is 16.2. The fourth-order valence-corrected chi connectivity index (χ4v) is 2.36. The highest BCUT2D eigenvalue weighted by atomic mass is 16.5. The average molecular weight is 313 g/mol. The summed E-state index contributed by atoms with van der Waals surface area (Å²) < 4.78 is 6.83. The van der Waals surface area contributed by atoms with Gasteiger partial charge >= 0.3 is 5.97 Å². The van der Waals surface area contributed by atoms with E-state index in [9.17, 15) is 14.4 Å². The lowest BCUT2D eigenvalue weighted by Gasteiger charge is -2.14. The highest BCUT2D eigenvalue weighted by molar-refractivity contribution is 6.19. The highest BCUT2D eigenvalue weighted by Crippen LogP contribution is 2.22. The third-order valence-electron chi connectivity index (χ3n) is 3.53. The third kappa shape index (κ3) is 3.28. The van der Waals surface area contributed by atoms with Gasteiger partial charge in [0, 0.05) is 25.2 Å². The van der Waals surface area contributed by atoms with Crippen molar-refractivity contribution in [1.82, 2.24) is 9.78 Å². The fraction of sp³-hybridized carbons (Fsp3) is 0.250. The van der Waals surface area contributed by atoms with E-state index in [2.05, 4.69) is 5.10 Å². The van der Waals surface area contributed by atoms with Crippen LogP contribution in [-0.4, -0.2) is 34.2 Å². The molecule has 0 aliphatic carbocycles. The summed E-state index contributed by atoms with van der Waals surface area (Å²) in [7, 11) is 0. The number of hydrogen-bond donors (Lipinski definition) is 0. The van der Waals surface area contributed by atoms with Crippen molar-refractivity contribution in [2.24, 2.45) is 0 Å². The lowest BCUT2D eigenvalue weighted by Crippen LogP contribution is -2.28. The van der Waals surface area contributed by atoms with Crippen LogP contribution in [0.2, 0.25) is 0 Å². The smallest absolute Gasteiger partial charge is 0.338 e. The van der Waals surface area contributed by atoms with E-state index in [-0.39, 0.29) is 31.3 Å². The van der Waals surface area contributed by atoms with Gasteiger partial charge in [0.1, 0.15) is 6.61 Å². The van der Waals surface area contributed by atoms with E-state index in [1.165, 1.54) is 0 Å². The van der Waals surface area contributed by atoms with Crippen LogP contribution < -0.4 is 4.90 Å². The van der Waals surface area contributed by atoms with Crippen molar-refractivity contribution >= 4 is 23.5 Å². The van der Waals surface area contributed by atoms with Gasteiger partial charge in [-0.05, 0) is 30.3 Å². The molecule has 1 fully saturated rings. The van der Waals surface area contributed by atoms with E-state index in [1.54, 1.807) is 47.4 Å². The van der Waals surface area contributed by atoms with Crippen LogP contribution in [0.4, 0.5) is 5.69 Å². The predicted molar refractivity (Wildman–Crippen MR) is 80.7 cm³/mol. The molecule has 1 aliphatic heterocycles. The maximum absolute atomic E-state index is 11.9. The van der Waals surface area contributed by atoms with E-state index < -0.39 is 5.97 Å². The van der Waals surface area contributed by atoms with E-state index in [4.69, 9.17) is 4.74 Å². The molecular formula is C16H15N3O4. The van der Waals surface area contributed by atoms with Crippen LogP contribution in [0, 0.1) is 0 Å². The van der Waals surface area contributed by atoms with E-state index in [0.717, 1.165) is 4.90 Å². The number of carbonyl (C=O) groups is 3. The molecule has 0 saturated carbocycles. The number of hydrogen-bond acceptors (Lipinski definition) is 5. The van der Waals surface area contributed by atoms with Gasteiger partial charge in [0.15, 0.2) is 0 Å². The summed E-state index contributed by atoms with van der Waals surface area (Å²) in [5.74, 6) is -0.892. The van der Waals surface area contributed by atoms with E-state index >= 15 is 0 Å². The Labute approximate surface area is 132 Å². The largest absolute Gasteiger partial charge is 0.460 e. The highest BCUT2D eigenvalue weighted by Gasteiger charge is 2.30. The van der Waals surface area contributed by atoms with Gasteiger partial charge in [-0.15, -0.1) is 0 Å². The summed E-state index contributed by atoms with van der Waals surface area (Å²) in [6.45, 7) is 0.693. The van der Waals surface area contributed by atoms with Gasteiger partial charge in [-0.2, -0.15) is 5.10 Å². The van der Waals surface area contributed by atoms with Crippen LogP contribution >= 0.6 is 0 Å². The number of nitrogens with zero attached hydrogens (tertiary/aromatic N) is 3. The number of benzene rings is 1. The fourth-order valence-electron chi connectivity index (χ4n) is 2.36. The minimum atomic E-state index is -0.456. The molecule has 1 aromatic heterocycles. The van der Waals surface area contributed by atoms with Crippen molar-refractivity contribution in [3.63, 3.8) is 0 Å². The molecule has 0 atom stereocenters. The Bertz CT molecular complexity index is 706. The third-order valence-corrected chi connectivity index (χ3v) is 3.53. The number of carbonyl (C=O) groups excluding carboxylic acids is 3. The van der Waals surface area contributed by atoms with Gasteiger partial charge in [-0.3, -0.25) is 19.2 Å². The quantitative estimate of drug-likeness (QED) is 0.615. The first-order valence-electron chi connectivity index (χ1n) is 7.25. The summed E-state index contributed by atoms with van der Waals surface area (Å²) >= 11 is 0. The van der Waals surface area contributed by atoms with Crippen LogP contribution in [0.1, 0.15) is 23.2 Å². The molecule has 0 bridgehead atoms. The normalized spacial score (nSPS) is 14.3. The Morgan fingerprint density at radius 3 is 2.43 bits per heavy atom. The van der Waals surface area contributed by atoms with Gasteiger partial charge < -0.3 is 4.74 Å². The molecule has 2 heterocycles. The SMILES string of the molecule is O=C(OCCn1cccn1)c1ccc(N2C(=O)CCC2=O)cc1. The van der Waals surface area contributed by atoms with Crippen LogP contribution in [0.15, 0.2) is 42.7 Å². The summed E-state index contributed by atoms with van der Waals surface area (Å²) in [6, 6.07) is 8.03. The number of aromatic nitrogens is 2. The molecule has 0 N–H and O–H groups in total. The number of esters is 1. The van der Waals surface area contributed by atoms with Gasteiger partial charge in [0.05, 0.1) is 17.8 Å². The van der Waals surface area contributed by atoms with Crippen LogP contribution in [0.25, 0.3) is 0 Å². The Balaban J connectivity index is 1.59. The topological polar surface area (TPSA) is 81.5 Å². The summed E-state index contributed by atoms with van der Waals surface area (Å²) in [5.41, 5.74) is 0.846. The van der Waals surface area contributed by atoms with Crippen LogP contribution in [0.5, 0.6) is 0 Å². The molecule has 7 nitrogen and oxygen atoms in total. The van der Waals surface area contributed by atoms with Gasteiger partial charge in [0.25, 0.3) is 0 Å². The van der Waals surface area contributed by atoms with Crippen molar-refractivity contribution in [2.45, 2.75) is 19.4 Å². The monoisotopic (exact) mass is 313 g/mol. The molecule has 1 aliphatic rings. The molecule has 2 aromatic rings. The van der Waals surface area contributed by atoms with Gasteiger partial charge in [-0.1, -0.05) is 0 Å². The molecule has 2 amide bonds. The first-order valence-corrected chi connectivity index (χ1v) is 7.25. The second-order valence-corrected chi connectivity index (χ2v) is 5.07. The molecule has 1 saturated heterocycles. The van der Waals surface area contributed by atoms with Gasteiger partial charge in [0.2, 0.25) is 11.8 Å². The first kappa shape index (κ1) is 15.0. The minimum absolute atomic E-state index is 0.214. The minimum Gasteiger partial charge on any atom is -0.460 e. The van der Waals surface area contributed by atoms with Crippen molar-refractivity contribution in [1.29, 1.82) is 0 Å². The second kappa shape index (κ2) is 6.43. The summed E-state index contributed by atoms with van der Waals surface area (Å²) in [4.78, 5) is 36.4. The van der Waals surface area contributed by atoms with Gasteiger partial charge in [-0.25, -0.2) is 4.79 Å². The maximum atomic E-state index is 11.9. The zero-order valence-corrected chi connectivity index (χ0v) is 12.3. The van der Waals surface area contributed by atoms with Crippen molar-refractivity contribution in [3.8, 4) is 0 Å². The molecule has 7 heteroatoms. The molecule has 0 unspecified atom stereocenters. The predicted octanol–water partition coefficient (Wildman–Crippen LogP) is 1.39. The van der Waals surface area contributed by atoms with E-state index in [1.807, 2.05) is 0 Å². The molecule has 1 aromatic carbocycles.